The zero-order valence-corrected chi connectivity index (χ0v) is 16.9. The number of fused-ring (bicyclic) bond motifs is 1. The molecule has 0 N–H and O–H groups in total. The van der Waals surface area contributed by atoms with Gasteiger partial charge in [-0.05, 0) is 32.4 Å². The van der Waals surface area contributed by atoms with Crippen LogP contribution in [-0.4, -0.2) is 28.6 Å². The van der Waals surface area contributed by atoms with Crippen molar-refractivity contribution < 1.29 is 14.3 Å². The summed E-state index contributed by atoms with van der Waals surface area (Å²) < 4.78 is 11.7. The molecular weight excluding hydrogens is 338 g/mol. The second-order valence-electron chi connectivity index (χ2n) is 8.52. The molecule has 0 aromatic heterocycles. The fourth-order valence-electron chi connectivity index (χ4n) is 3.16. The van der Waals surface area contributed by atoms with Crippen molar-refractivity contribution in [1.29, 1.82) is 0 Å². The Morgan fingerprint density at radius 2 is 1.78 bits per heavy atom. The number of ether oxygens (including phenoxy) is 2. The van der Waals surface area contributed by atoms with Crippen molar-refractivity contribution in [1.82, 2.24) is 4.90 Å². The SMILES string of the molecule is CC1(C)OCc2cccc(C(=O)CN(Cc3ccccc3)C(C)(C)C)c2O1. The number of nitrogens with zero attached hydrogens (tertiary/aromatic N) is 1. The minimum absolute atomic E-state index is 0.0652. The molecule has 0 amide bonds. The highest BCUT2D eigenvalue weighted by atomic mass is 16.7. The smallest absolute Gasteiger partial charge is 0.205 e. The first-order valence-electron chi connectivity index (χ1n) is 9.43. The Bertz CT molecular complexity index is 806. The van der Waals surface area contributed by atoms with Crippen molar-refractivity contribution in [3.05, 3.63) is 65.2 Å². The molecule has 1 aliphatic heterocycles. The van der Waals surface area contributed by atoms with Crippen LogP contribution >= 0.6 is 0 Å². The van der Waals surface area contributed by atoms with Crippen molar-refractivity contribution in [2.45, 2.75) is 59.1 Å². The first-order valence-corrected chi connectivity index (χ1v) is 9.43. The fraction of sp³-hybridized carbons (Fsp3) is 0.435. The van der Waals surface area contributed by atoms with Gasteiger partial charge in [-0.15, -0.1) is 0 Å². The lowest BCUT2D eigenvalue weighted by molar-refractivity contribution is -0.180. The highest BCUT2D eigenvalue weighted by Crippen LogP contribution is 2.34. The predicted molar refractivity (Wildman–Crippen MR) is 107 cm³/mol. The molecule has 144 valence electrons. The minimum Gasteiger partial charge on any atom is -0.462 e. The third-order valence-corrected chi connectivity index (χ3v) is 4.82. The van der Waals surface area contributed by atoms with Gasteiger partial charge in [-0.1, -0.05) is 42.5 Å². The van der Waals surface area contributed by atoms with E-state index >= 15 is 0 Å². The monoisotopic (exact) mass is 367 g/mol. The van der Waals surface area contributed by atoms with E-state index in [1.165, 1.54) is 5.56 Å². The first-order chi connectivity index (χ1) is 12.7. The molecule has 27 heavy (non-hydrogen) atoms. The molecule has 0 unspecified atom stereocenters. The van der Waals surface area contributed by atoms with Crippen LogP contribution in [0.2, 0.25) is 0 Å². The quantitative estimate of drug-likeness (QED) is 0.711. The Hall–Kier alpha value is -2.17. The van der Waals surface area contributed by atoms with Crippen LogP contribution in [0.5, 0.6) is 5.75 Å². The number of benzene rings is 2. The number of carbonyl (C=O) groups is 1. The highest BCUT2D eigenvalue weighted by molar-refractivity contribution is 6.00. The molecule has 0 saturated carbocycles. The van der Waals surface area contributed by atoms with Crippen LogP contribution in [0.1, 0.15) is 56.1 Å². The zero-order valence-electron chi connectivity index (χ0n) is 16.9. The van der Waals surface area contributed by atoms with Crippen LogP contribution in [0.3, 0.4) is 0 Å². The summed E-state index contributed by atoms with van der Waals surface area (Å²) in [7, 11) is 0. The Balaban J connectivity index is 1.85. The number of hydrogen-bond acceptors (Lipinski definition) is 4. The molecule has 0 atom stereocenters. The normalized spacial score (nSPS) is 15.9. The summed E-state index contributed by atoms with van der Waals surface area (Å²) in [5.74, 6) is -0.000317. The van der Waals surface area contributed by atoms with Crippen molar-refractivity contribution >= 4 is 5.78 Å². The van der Waals surface area contributed by atoms with E-state index in [0.29, 0.717) is 24.5 Å². The topological polar surface area (TPSA) is 38.8 Å². The molecule has 0 aliphatic carbocycles. The van der Waals surface area contributed by atoms with Gasteiger partial charge in [0.1, 0.15) is 5.75 Å². The Morgan fingerprint density at radius 1 is 1.07 bits per heavy atom. The van der Waals surface area contributed by atoms with Crippen LogP contribution in [0.25, 0.3) is 0 Å². The second kappa shape index (κ2) is 7.45. The summed E-state index contributed by atoms with van der Waals surface area (Å²) in [5.41, 5.74) is 2.61. The standard InChI is InChI=1S/C23H29NO3/c1-22(2,3)24(14-17-10-7-6-8-11-17)15-20(25)19-13-9-12-18-16-26-23(4,5)27-21(18)19/h6-13H,14-16H2,1-5H3. The van der Waals surface area contributed by atoms with E-state index in [2.05, 4.69) is 37.8 Å². The highest BCUT2D eigenvalue weighted by Gasteiger charge is 2.32. The van der Waals surface area contributed by atoms with Gasteiger partial charge in [0, 0.05) is 31.5 Å². The lowest BCUT2D eigenvalue weighted by Crippen LogP contribution is -2.44. The summed E-state index contributed by atoms with van der Waals surface area (Å²) in [6, 6.07) is 16.0. The molecule has 1 heterocycles. The molecule has 2 aromatic rings. The van der Waals surface area contributed by atoms with Gasteiger partial charge in [0.25, 0.3) is 0 Å². The van der Waals surface area contributed by atoms with Crippen LogP contribution in [0.15, 0.2) is 48.5 Å². The lowest BCUT2D eigenvalue weighted by Gasteiger charge is -2.36. The molecule has 4 heteroatoms. The van der Waals surface area contributed by atoms with Crippen LogP contribution < -0.4 is 4.74 Å². The summed E-state index contributed by atoms with van der Waals surface area (Å²) in [5, 5.41) is 0. The van der Waals surface area contributed by atoms with E-state index in [9.17, 15) is 4.79 Å². The minimum atomic E-state index is -0.725. The molecule has 1 aliphatic rings. The van der Waals surface area contributed by atoms with Crippen LogP contribution in [-0.2, 0) is 17.9 Å². The number of Topliss-reactive ketones (excluding diaryl/α,β-unsaturated/α-hetero) is 1. The van der Waals surface area contributed by atoms with Gasteiger partial charge in [0.05, 0.1) is 18.7 Å². The summed E-state index contributed by atoms with van der Waals surface area (Å²) in [4.78, 5) is 15.4. The molecule has 0 spiro atoms. The van der Waals surface area contributed by atoms with Gasteiger partial charge < -0.3 is 9.47 Å². The van der Waals surface area contributed by atoms with E-state index < -0.39 is 5.79 Å². The maximum atomic E-state index is 13.2. The van der Waals surface area contributed by atoms with E-state index in [1.807, 2.05) is 50.2 Å². The summed E-state index contributed by atoms with van der Waals surface area (Å²) >= 11 is 0. The van der Waals surface area contributed by atoms with Crippen molar-refractivity contribution in [2.75, 3.05) is 6.54 Å². The van der Waals surface area contributed by atoms with Crippen molar-refractivity contribution in [3.8, 4) is 5.75 Å². The molecule has 0 saturated heterocycles. The average molecular weight is 367 g/mol. The third-order valence-electron chi connectivity index (χ3n) is 4.82. The fourth-order valence-corrected chi connectivity index (χ4v) is 3.16. The molecule has 0 bridgehead atoms. The number of carbonyl (C=O) groups excluding carboxylic acids is 1. The third kappa shape index (κ3) is 4.76. The lowest BCUT2D eigenvalue weighted by atomic mass is 10.00. The van der Waals surface area contributed by atoms with Crippen LogP contribution in [0, 0.1) is 0 Å². The number of rotatable bonds is 5. The molecule has 4 nitrogen and oxygen atoms in total. The molecular formula is C23H29NO3. The molecule has 3 rings (SSSR count). The summed E-state index contributed by atoms with van der Waals surface area (Å²) in [6.07, 6.45) is 0. The average Bonchev–Trinajstić information content (AvgIpc) is 2.60. The Labute approximate surface area is 162 Å². The molecule has 0 radical (unpaired) electrons. The predicted octanol–water partition coefficient (Wildman–Crippen LogP) is 4.82. The number of para-hydroxylation sites is 1. The van der Waals surface area contributed by atoms with E-state index in [4.69, 9.17) is 9.47 Å². The number of ketones is 1. The Morgan fingerprint density at radius 3 is 2.44 bits per heavy atom. The second-order valence-corrected chi connectivity index (χ2v) is 8.52. The molecule has 0 fully saturated rings. The van der Waals surface area contributed by atoms with Gasteiger partial charge in [-0.25, -0.2) is 0 Å². The van der Waals surface area contributed by atoms with Crippen molar-refractivity contribution in [2.24, 2.45) is 0 Å². The largest absolute Gasteiger partial charge is 0.462 e. The van der Waals surface area contributed by atoms with E-state index in [0.717, 1.165) is 12.1 Å². The van der Waals surface area contributed by atoms with Gasteiger partial charge in [-0.3, -0.25) is 9.69 Å². The van der Waals surface area contributed by atoms with Gasteiger partial charge in [-0.2, -0.15) is 0 Å². The maximum absolute atomic E-state index is 13.2. The molecule has 2 aromatic carbocycles. The van der Waals surface area contributed by atoms with Crippen molar-refractivity contribution in [3.63, 3.8) is 0 Å². The van der Waals surface area contributed by atoms with Gasteiger partial charge >= 0.3 is 0 Å². The van der Waals surface area contributed by atoms with Gasteiger partial charge in [0.15, 0.2) is 5.78 Å². The maximum Gasteiger partial charge on any atom is 0.205 e. The van der Waals surface area contributed by atoms with E-state index in [1.54, 1.807) is 0 Å². The van der Waals surface area contributed by atoms with Gasteiger partial charge in [0.2, 0.25) is 5.79 Å². The van der Waals surface area contributed by atoms with Crippen LogP contribution in [0.4, 0.5) is 0 Å². The zero-order chi connectivity index (χ0) is 19.7. The summed E-state index contributed by atoms with van der Waals surface area (Å²) in [6.45, 7) is 11.7. The Kier molecular flexibility index (Phi) is 5.41. The van der Waals surface area contributed by atoms with E-state index in [-0.39, 0.29) is 11.3 Å². The first kappa shape index (κ1) is 19.6. The number of hydrogen-bond donors (Lipinski definition) is 0.